The molecule has 0 saturated heterocycles. The van der Waals surface area contributed by atoms with Crippen LogP contribution >= 0.6 is 22.7 Å². The lowest BCUT2D eigenvalue weighted by molar-refractivity contribution is 0.395. The van der Waals surface area contributed by atoms with Gasteiger partial charge >= 0.3 is 4.87 Å². The predicted molar refractivity (Wildman–Crippen MR) is 75.3 cm³/mol. The summed E-state index contributed by atoms with van der Waals surface area (Å²) in [5.74, 6) is 0. The Balaban J connectivity index is 1.99. The number of hydrogen-bond acceptors (Lipinski definition) is 5. The molecule has 0 spiro atoms. The number of aromatic amines is 1. The van der Waals surface area contributed by atoms with Gasteiger partial charge in [-0.25, -0.2) is 8.42 Å². The van der Waals surface area contributed by atoms with Crippen LogP contribution in [0.5, 0.6) is 0 Å². The molecular formula is C11H12N2O3S3. The molecule has 2 aromatic rings. The van der Waals surface area contributed by atoms with Crippen LogP contribution in [0.4, 0.5) is 0 Å². The normalized spacial score (nSPS) is 16.5. The third-order valence-corrected chi connectivity index (χ3v) is 7.58. The lowest BCUT2D eigenvalue weighted by Gasteiger charge is -2.25. The molecule has 3 heterocycles. The van der Waals surface area contributed by atoms with Crippen LogP contribution in [-0.4, -0.2) is 24.3 Å². The second kappa shape index (κ2) is 4.55. The van der Waals surface area contributed by atoms with Gasteiger partial charge in [0.05, 0.1) is 0 Å². The minimum absolute atomic E-state index is 0.135. The molecule has 2 aromatic heterocycles. The van der Waals surface area contributed by atoms with E-state index < -0.39 is 10.0 Å². The van der Waals surface area contributed by atoms with Gasteiger partial charge in [-0.2, -0.15) is 4.31 Å². The Morgan fingerprint density at radius 3 is 2.89 bits per heavy atom. The van der Waals surface area contributed by atoms with Crippen LogP contribution < -0.4 is 4.87 Å². The number of H-pyrrole nitrogens is 1. The highest BCUT2D eigenvalue weighted by molar-refractivity contribution is 7.91. The number of hydrogen-bond donors (Lipinski definition) is 1. The average molecular weight is 316 g/mol. The van der Waals surface area contributed by atoms with E-state index in [9.17, 15) is 13.2 Å². The summed E-state index contributed by atoms with van der Waals surface area (Å²) >= 11 is 2.43. The van der Waals surface area contributed by atoms with E-state index in [1.54, 1.807) is 18.3 Å². The minimum Gasteiger partial charge on any atom is -0.315 e. The second-order valence-corrected chi connectivity index (χ2v) is 8.50. The van der Waals surface area contributed by atoms with Crippen molar-refractivity contribution >= 4 is 32.7 Å². The number of thiazole rings is 1. The van der Waals surface area contributed by atoms with E-state index >= 15 is 0 Å². The molecule has 1 N–H and O–H groups in total. The lowest BCUT2D eigenvalue weighted by Crippen LogP contribution is -2.35. The Morgan fingerprint density at radius 1 is 1.42 bits per heavy atom. The summed E-state index contributed by atoms with van der Waals surface area (Å²) in [5, 5.41) is 1.99. The standard InChI is InChI=1S/C11H12N2O3S3/c1-7-10(18-11(14)12-7)19(15,16)13-4-2-9-8(6-13)3-5-17-9/h3,5H,2,4,6H2,1H3,(H,12,14). The van der Waals surface area contributed by atoms with Crippen LogP contribution in [0.1, 0.15) is 16.1 Å². The van der Waals surface area contributed by atoms with Crippen molar-refractivity contribution in [1.82, 2.24) is 9.29 Å². The molecule has 0 unspecified atom stereocenters. The van der Waals surface area contributed by atoms with Crippen molar-refractivity contribution in [2.24, 2.45) is 0 Å². The van der Waals surface area contributed by atoms with E-state index in [1.807, 2.05) is 11.4 Å². The number of fused-ring (bicyclic) bond motifs is 1. The van der Waals surface area contributed by atoms with Gasteiger partial charge in [0.2, 0.25) is 0 Å². The second-order valence-electron chi connectivity index (χ2n) is 4.38. The number of nitrogens with one attached hydrogen (secondary N) is 1. The Morgan fingerprint density at radius 2 is 2.21 bits per heavy atom. The predicted octanol–water partition coefficient (Wildman–Crippen LogP) is 1.55. The van der Waals surface area contributed by atoms with Gasteiger partial charge in [-0.1, -0.05) is 11.3 Å². The first-order valence-corrected chi connectivity index (χ1v) is 8.87. The van der Waals surface area contributed by atoms with Crippen LogP contribution in [0, 0.1) is 6.92 Å². The Labute approximate surface area is 118 Å². The van der Waals surface area contributed by atoms with Crippen LogP contribution in [0.3, 0.4) is 0 Å². The molecule has 102 valence electrons. The molecule has 0 aromatic carbocycles. The fourth-order valence-electron chi connectivity index (χ4n) is 2.18. The third-order valence-electron chi connectivity index (χ3n) is 3.13. The molecular weight excluding hydrogens is 304 g/mol. The van der Waals surface area contributed by atoms with E-state index in [-0.39, 0.29) is 9.08 Å². The Bertz CT molecular complexity index is 769. The molecule has 3 rings (SSSR count). The average Bonchev–Trinajstić information content (AvgIpc) is 2.94. The zero-order valence-corrected chi connectivity index (χ0v) is 12.6. The minimum atomic E-state index is -3.57. The molecule has 0 bridgehead atoms. The highest BCUT2D eigenvalue weighted by atomic mass is 32.2. The molecule has 0 atom stereocenters. The highest BCUT2D eigenvalue weighted by Gasteiger charge is 2.31. The smallest absolute Gasteiger partial charge is 0.305 e. The molecule has 1 aliphatic rings. The van der Waals surface area contributed by atoms with Gasteiger partial charge in [-0.15, -0.1) is 11.3 Å². The van der Waals surface area contributed by atoms with Crippen molar-refractivity contribution in [2.75, 3.05) is 6.54 Å². The summed E-state index contributed by atoms with van der Waals surface area (Å²) in [7, 11) is -3.57. The van der Waals surface area contributed by atoms with E-state index in [0.717, 1.165) is 23.3 Å². The van der Waals surface area contributed by atoms with Crippen LogP contribution in [-0.2, 0) is 23.0 Å². The van der Waals surface area contributed by atoms with Gasteiger partial charge in [0, 0.05) is 23.7 Å². The molecule has 1 aliphatic heterocycles. The number of thiophene rings is 1. The van der Waals surface area contributed by atoms with Gasteiger partial charge in [0.15, 0.2) is 4.21 Å². The van der Waals surface area contributed by atoms with E-state index in [0.29, 0.717) is 18.8 Å². The maximum atomic E-state index is 12.5. The van der Waals surface area contributed by atoms with Gasteiger partial charge in [0.1, 0.15) is 0 Å². The first-order valence-electron chi connectivity index (χ1n) is 5.73. The summed E-state index contributed by atoms with van der Waals surface area (Å²) in [6.07, 6.45) is 0.741. The summed E-state index contributed by atoms with van der Waals surface area (Å²) in [6.45, 7) is 2.48. The number of sulfonamides is 1. The van der Waals surface area contributed by atoms with Crippen molar-refractivity contribution in [1.29, 1.82) is 0 Å². The van der Waals surface area contributed by atoms with Gasteiger partial charge < -0.3 is 4.98 Å². The SMILES string of the molecule is Cc1[nH]c(=O)sc1S(=O)(=O)N1CCc2sccc2C1. The molecule has 0 radical (unpaired) electrons. The van der Waals surface area contributed by atoms with Crippen LogP contribution in [0.15, 0.2) is 20.5 Å². The fourth-order valence-corrected chi connectivity index (χ4v) is 5.93. The van der Waals surface area contributed by atoms with Crippen LogP contribution in [0.25, 0.3) is 0 Å². The van der Waals surface area contributed by atoms with Crippen molar-refractivity contribution in [3.63, 3.8) is 0 Å². The number of aryl methyl sites for hydroxylation is 1. The quantitative estimate of drug-likeness (QED) is 0.914. The zero-order chi connectivity index (χ0) is 13.6. The summed E-state index contributed by atoms with van der Waals surface area (Å²) in [4.78, 5) is 14.7. The maximum Gasteiger partial charge on any atom is 0.305 e. The first kappa shape index (κ1) is 13.0. The third kappa shape index (κ3) is 2.18. The van der Waals surface area contributed by atoms with Gasteiger partial charge in [-0.05, 0) is 30.4 Å². The molecule has 0 saturated carbocycles. The van der Waals surface area contributed by atoms with Gasteiger partial charge in [0.25, 0.3) is 10.0 Å². The van der Waals surface area contributed by atoms with Crippen LogP contribution in [0.2, 0.25) is 0 Å². The molecule has 19 heavy (non-hydrogen) atoms. The van der Waals surface area contributed by atoms with Crippen molar-refractivity contribution in [3.8, 4) is 0 Å². The van der Waals surface area contributed by atoms with Crippen molar-refractivity contribution < 1.29 is 8.42 Å². The van der Waals surface area contributed by atoms with E-state index in [2.05, 4.69) is 4.98 Å². The Hall–Kier alpha value is -0.960. The summed E-state index contributed by atoms with van der Waals surface area (Å²) in [5.41, 5.74) is 1.49. The highest BCUT2D eigenvalue weighted by Crippen LogP contribution is 2.29. The largest absolute Gasteiger partial charge is 0.315 e. The lowest BCUT2D eigenvalue weighted by atomic mass is 10.1. The molecule has 5 nitrogen and oxygen atoms in total. The molecule has 0 fully saturated rings. The molecule has 0 aliphatic carbocycles. The fraction of sp³-hybridized carbons (Fsp3) is 0.364. The molecule has 8 heteroatoms. The molecule has 0 amide bonds. The van der Waals surface area contributed by atoms with Gasteiger partial charge in [-0.3, -0.25) is 4.79 Å². The van der Waals surface area contributed by atoms with E-state index in [1.165, 1.54) is 9.18 Å². The topological polar surface area (TPSA) is 70.2 Å². The van der Waals surface area contributed by atoms with Crippen molar-refractivity contribution in [3.05, 3.63) is 37.2 Å². The number of nitrogens with zero attached hydrogens (tertiary/aromatic N) is 1. The maximum absolute atomic E-state index is 12.5. The number of aromatic nitrogens is 1. The monoisotopic (exact) mass is 316 g/mol. The summed E-state index contributed by atoms with van der Waals surface area (Å²) in [6, 6.07) is 1.97. The Kier molecular flexibility index (Phi) is 3.12. The first-order chi connectivity index (χ1) is 8.98. The van der Waals surface area contributed by atoms with Crippen molar-refractivity contribution in [2.45, 2.75) is 24.1 Å². The zero-order valence-electron chi connectivity index (χ0n) is 10.2. The summed E-state index contributed by atoms with van der Waals surface area (Å²) < 4.78 is 26.7. The number of rotatable bonds is 2. The van der Waals surface area contributed by atoms with E-state index in [4.69, 9.17) is 0 Å².